The van der Waals surface area contributed by atoms with Crippen LogP contribution in [0.2, 0.25) is 0 Å². The van der Waals surface area contributed by atoms with Crippen LogP contribution in [0, 0.1) is 0 Å². The highest BCUT2D eigenvalue weighted by atomic mass is 15.2. The highest BCUT2D eigenvalue weighted by molar-refractivity contribution is 4.79. The molecule has 1 aliphatic rings. The normalized spacial score (nSPS) is 25.5. The molecule has 0 spiro atoms. The first-order valence-corrected chi connectivity index (χ1v) is 8.51. The Labute approximate surface area is 115 Å². The van der Waals surface area contributed by atoms with Gasteiger partial charge in [0.25, 0.3) is 0 Å². The van der Waals surface area contributed by atoms with Crippen LogP contribution in [0.25, 0.3) is 0 Å². The third kappa shape index (κ3) is 6.22. The molecule has 108 valence electrons. The van der Waals surface area contributed by atoms with Gasteiger partial charge in [-0.2, -0.15) is 0 Å². The first-order chi connectivity index (χ1) is 8.75. The van der Waals surface area contributed by atoms with Crippen molar-refractivity contribution in [2.45, 2.75) is 103 Å². The van der Waals surface area contributed by atoms with Gasteiger partial charge in [0.15, 0.2) is 0 Å². The van der Waals surface area contributed by atoms with Crippen LogP contribution in [-0.4, -0.2) is 23.5 Å². The Morgan fingerprint density at radius 2 is 1.28 bits per heavy atom. The maximum absolute atomic E-state index is 2.75. The molecule has 1 nitrogen and oxygen atoms in total. The second kappa shape index (κ2) is 9.83. The molecule has 1 heterocycles. The average Bonchev–Trinajstić information content (AvgIpc) is 2.35. The number of piperidine rings is 1. The average molecular weight is 253 g/mol. The minimum atomic E-state index is 0.832. The number of unbranched alkanes of at least 4 members (excludes halogenated alkanes) is 7. The van der Waals surface area contributed by atoms with Crippen LogP contribution < -0.4 is 0 Å². The van der Waals surface area contributed by atoms with E-state index in [2.05, 4.69) is 25.7 Å². The summed E-state index contributed by atoms with van der Waals surface area (Å²) in [6.45, 7) is 8.47. The van der Waals surface area contributed by atoms with Crippen molar-refractivity contribution < 1.29 is 0 Å². The van der Waals surface area contributed by atoms with Gasteiger partial charge in [-0.15, -0.1) is 0 Å². The van der Waals surface area contributed by atoms with E-state index in [1.807, 2.05) is 0 Å². The van der Waals surface area contributed by atoms with E-state index in [-0.39, 0.29) is 0 Å². The molecule has 1 rings (SSSR count). The zero-order chi connectivity index (χ0) is 13.2. The van der Waals surface area contributed by atoms with Gasteiger partial charge in [0.05, 0.1) is 0 Å². The highest BCUT2D eigenvalue weighted by Gasteiger charge is 2.23. The summed E-state index contributed by atoms with van der Waals surface area (Å²) in [5.41, 5.74) is 0. The van der Waals surface area contributed by atoms with E-state index < -0.39 is 0 Å². The quantitative estimate of drug-likeness (QED) is 0.498. The topological polar surface area (TPSA) is 3.24 Å². The molecule has 1 fully saturated rings. The minimum absolute atomic E-state index is 0.832. The molecule has 2 atom stereocenters. The van der Waals surface area contributed by atoms with Crippen molar-refractivity contribution in [3.63, 3.8) is 0 Å². The molecular weight excluding hydrogens is 218 g/mol. The number of hydrogen-bond acceptors (Lipinski definition) is 1. The Hall–Kier alpha value is -0.0400. The lowest BCUT2D eigenvalue weighted by Crippen LogP contribution is -2.44. The molecule has 0 aliphatic carbocycles. The van der Waals surface area contributed by atoms with Crippen molar-refractivity contribution in [1.29, 1.82) is 0 Å². The van der Waals surface area contributed by atoms with E-state index in [9.17, 15) is 0 Å². The number of nitrogens with zero attached hydrogens (tertiary/aromatic N) is 1. The lowest BCUT2D eigenvalue weighted by atomic mass is 9.97. The summed E-state index contributed by atoms with van der Waals surface area (Å²) in [4.78, 5) is 2.75. The van der Waals surface area contributed by atoms with Gasteiger partial charge in [-0.05, 0) is 39.7 Å². The predicted molar refractivity (Wildman–Crippen MR) is 82.1 cm³/mol. The molecule has 1 saturated heterocycles. The second-order valence-corrected chi connectivity index (χ2v) is 6.34. The first-order valence-electron chi connectivity index (χ1n) is 8.51. The number of rotatable bonds is 9. The Morgan fingerprint density at radius 3 is 1.83 bits per heavy atom. The van der Waals surface area contributed by atoms with Crippen LogP contribution in [0.5, 0.6) is 0 Å². The van der Waals surface area contributed by atoms with Gasteiger partial charge < -0.3 is 0 Å². The molecule has 0 saturated carbocycles. The molecule has 0 bridgehead atoms. The lowest BCUT2D eigenvalue weighted by molar-refractivity contribution is 0.101. The van der Waals surface area contributed by atoms with Crippen LogP contribution in [0.3, 0.4) is 0 Å². The second-order valence-electron chi connectivity index (χ2n) is 6.34. The summed E-state index contributed by atoms with van der Waals surface area (Å²) in [5, 5.41) is 0. The molecule has 1 heteroatoms. The van der Waals surface area contributed by atoms with Crippen molar-refractivity contribution in [2.75, 3.05) is 6.54 Å². The summed E-state index contributed by atoms with van der Waals surface area (Å²) >= 11 is 0. The molecule has 2 unspecified atom stereocenters. The van der Waals surface area contributed by atoms with Crippen LogP contribution in [0.15, 0.2) is 0 Å². The molecule has 0 radical (unpaired) electrons. The summed E-state index contributed by atoms with van der Waals surface area (Å²) < 4.78 is 0. The number of likely N-dealkylation sites (tertiary alicyclic amines) is 1. The fourth-order valence-corrected chi connectivity index (χ4v) is 3.34. The van der Waals surface area contributed by atoms with Gasteiger partial charge in [0, 0.05) is 12.1 Å². The molecule has 18 heavy (non-hydrogen) atoms. The van der Waals surface area contributed by atoms with Gasteiger partial charge in [0.2, 0.25) is 0 Å². The predicted octanol–water partition coefficient (Wildman–Crippen LogP) is 5.39. The van der Waals surface area contributed by atoms with Gasteiger partial charge in [-0.25, -0.2) is 0 Å². The SMILES string of the molecule is CCCCCCCCCCN1C(C)CCCC1C. The van der Waals surface area contributed by atoms with E-state index in [0.717, 1.165) is 12.1 Å². The van der Waals surface area contributed by atoms with Crippen molar-refractivity contribution in [2.24, 2.45) is 0 Å². The van der Waals surface area contributed by atoms with Crippen molar-refractivity contribution >= 4 is 0 Å². The molecule has 0 aromatic carbocycles. The van der Waals surface area contributed by atoms with Crippen molar-refractivity contribution in [3.05, 3.63) is 0 Å². The third-order valence-corrected chi connectivity index (χ3v) is 4.65. The van der Waals surface area contributed by atoms with E-state index in [1.54, 1.807) is 0 Å². The van der Waals surface area contributed by atoms with Crippen molar-refractivity contribution in [3.8, 4) is 0 Å². The smallest absolute Gasteiger partial charge is 0.00697 e. The van der Waals surface area contributed by atoms with Gasteiger partial charge >= 0.3 is 0 Å². The summed E-state index contributed by atoms with van der Waals surface area (Å²) in [5.74, 6) is 0. The maximum Gasteiger partial charge on any atom is 0.00697 e. The van der Waals surface area contributed by atoms with Crippen LogP contribution in [0.1, 0.15) is 91.4 Å². The summed E-state index contributed by atoms with van der Waals surface area (Å²) in [6.07, 6.45) is 15.8. The molecule has 0 amide bonds. The van der Waals surface area contributed by atoms with Crippen LogP contribution in [-0.2, 0) is 0 Å². The molecule has 1 aliphatic heterocycles. The van der Waals surface area contributed by atoms with Crippen LogP contribution in [0.4, 0.5) is 0 Å². The lowest BCUT2D eigenvalue weighted by Gasteiger charge is -2.39. The fourth-order valence-electron chi connectivity index (χ4n) is 3.34. The summed E-state index contributed by atoms with van der Waals surface area (Å²) in [6, 6.07) is 1.66. The largest absolute Gasteiger partial charge is 0.298 e. The minimum Gasteiger partial charge on any atom is -0.298 e. The molecule has 0 aromatic heterocycles. The van der Waals surface area contributed by atoms with Gasteiger partial charge in [-0.3, -0.25) is 4.90 Å². The van der Waals surface area contributed by atoms with E-state index in [1.165, 1.54) is 77.2 Å². The Morgan fingerprint density at radius 1 is 0.778 bits per heavy atom. The van der Waals surface area contributed by atoms with Crippen molar-refractivity contribution in [1.82, 2.24) is 4.90 Å². The Bertz CT molecular complexity index is 180. The van der Waals surface area contributed by atoms with E-state index >= 15 is 0 Å². The van der Waals surface area contributed by atoms with Gasteiger partial charge in [-0.1, -0.05) is 58.3 Å². The zero-order valence-corrected chi connectivity index (χ0v) is 13.1. The summed E-state index contributed by atoms with van der Waals surface area (Å²) in [7, 11) is 0. The Kier molecular flexibility index (Phi) is 8.75. The molecular formula is C17H35N. The van der Waals surface area contributed by atoms with E-state index in [0.29, 0.717) is 0 Å². The third-order valence-electron chi connectivity index (χ3n) is 4.65. The first kappa shape index (κ1) is 16.0. The maximum atomic E-state index is 2.75. The van der Waals surface area contributed by atoms with E-state index in [4.69, 9.17) is 0 Å². The zero-order valence-electron chi connectivity index (χ0n) is 13.1. The van der Waals surface area contributed by atoms with Crippen LogP contribution >= 0.6 is 0 Å². The van der Waals surface area contributed by atoms with Gasteiger partial charge in [0.1, 0.15) is 0 Å². The monoisotopic (exact) mass is 253 g/mol. The fraction of sp³-hybridized carbons (Fsp3) is 1.00. The Balaban J connectivity index is 1.96. The standard InChI is InChI=1S/C17H35N/c1-4-5-6-7-8-9-10-11-15-18-16(2)13-12-14-17(18)3/h16-17H,4-15H2,1-3H3. The number of hydrogen-bond donors (Lipinski definition) is 0. The highest BCUT2D eigenvalue weighted by Crippen LogP contribution is 2.23. The molecule has 0 N–H and O–H groups in total. The molecule has 0 aromatic rings.